The van der Waals surface area contributed by atoms with E-state index in [2.05, 4.69) is 4.74 Å². The molecule has 94 valence electrons. The molecule has 0 spiro atoms. The third kappa shape index (κ3) is 2.89. The molecule has 0 amide bonds. The molecule has 6 heteroatoms. The van der Waals surface area contributed by atoms with E-state index in [4.69, 9.17) is 0 Å². The minimum atomic E-state index is -4.76. The molecule has 1 heterocycles. The summed E-state index contributed by atoms with van der Waals surface area (Å²) in [5.41, 5.74) is 1.13. The zero-order valence-electron chi connectivity index (χ0n) is 8.90. The largest absolute Gasteiger partial charge is 0.573 e. The van der Waals surface area contributed by atoms with Crippen LogP contribution in [-0.4, -0.2) is 12.6 Å². The molecule has 2 rings (SSSR count). The normalized spacial score (nSPS) is 11.3. The lowest BCUT2D eigenvalue weighted by Crippen LogP contribution is -2.17. The van der Waals surface area contributed by atoms with E-state index < -0.39 is 6.36 Å². The summed E-state index contributed by atoms with van der Waals surface area (Å²) in [5, 5.41) is 3.42. The number of rotatable bonds is 3. The molecule has 0 N–H and O–H groups in total. The predicted octanol–water partition coefficient (Wildman–Crippen LogP) is 4.13. The summed E-state index contributed by atoms with van der Waals surface area (Å²) in [5.74, 6) is -0.313. The molecule has 0 aliphatic heterocycles. The summed E-state index contributed by atoms with van der Waals surface area (Å²) in [4.78, 5) is 10.7. The summed E-state index contributed by atoms with van der Waals surface area (Å²) < 4.78 is 40.7. The van der Waals surface area contributed by atoms with E-state index in [0.717, 1.165) is 6.07 Å². The average Bonchev–Trinajstić information content (AvgIpc) is 2.81. The molecule has 2 aromatic rings. The minimum Gasteiger partial charge on any atom is -0.405 e. The Balaban J connectivity index is 2.49. The summed E-state index contributed by atoms with van der Waals surface area (Å²) in [6.45, 7) is 0. The topological polar surface area (TPSA) is 26.3 Å². The first-order valence-electron chi connectivity index (χ1n) is 4.87. The van der Waals surface area contributed by atoms with Gasteiger partial charge in [-0.05, 0) is 40.6 Å². The van der Waals surface area contributed by atoms with Gasteiger partial charge in [0.1, 0.15) is 12.0 Å². The number of aldehydes is 1. The average molecular weight is 272 g/mol. The van der Waals surface area contributed by atoms with Crippen molar-refractivity contribution in [2.45, 2.75) is 6.36 Å². The second kappa shape index (κ2) is 4.81. The smallest absolute Gasteiger partial charge is 0.405 e. The lowest BCUT2D eigenvalue weighted by molar-refractivity contribution is -0.274. The van der Waals surface area contributed by atoms with Gasteiger partial charge in [-0.1, -0.05) is 0 Å². The van der Waals surface area contributed by atoms with Gasteiger partial charge < -0.3 is 4.74 Å². The van der Waals surface area contributed by atoms with E-state index in [9.17, 15) is 18.0 Å². The molecule has 1 aromatic heterocycles. The summed E-state index contributed by atoms with van der Waals surface area (Å²) in [6, 6.07) is 5.46. The van der Waals surface area contributed by atoms with Gasteiger partial charge in [0.25, 0.3) is 0 Å². The standard InChI is InChI=1S/C12H7F3O2S/c13-12(14,15)17-11-2-1-8(6-16)5-10(11)9-3-4-18-7-9/h1-7H. The first-order chi connectivity index (χ1) is 8.49. The van der Waals surface area contributed by atoms with E-state index in [-0.39, 0.29) is 11.3 Å². The van der Waals surface area contributed by atoms with Gasteiger partial charge in [0.2, 0.25) is 0 Å². The van der Waals surface area contributed by atoms with Crippen LogP contribution in [0.4, 0.5) is 13.2 Å². The zero-order chi connectivity index (χ0) is 13.2. The summed E-state index contributed by atoms with van der Waals surface area (Å²) in [6.07, 6.45) is -4.18. The van der Waals surface area contributed by atoms with Crippen LogP contribution in [0.2, 0.25) is 0 Å². The molecule has 0 aliphatic carbocycles. The lowest BCUT2D eigenvalue weighted by atomic mass is 10.1. The van der Waals surface area contributed by atoms with Gasteiger partial charge in [0.05, 0.1) is 0 Å². The zero-order valence-corrected chi connectivity index (χ0v) is 9.72. The maximum Gasteiger partial charge on any atom is 0.573 e. The SMILES string of the molecule is O=Cc1ccc(OC(F)(F)F)c(-c2ccsc2)c1. The Hall–Kier alpha value is -1.82. The van der Waals surface area contributed by atoms with Crippen molar-refractivity contribution in [1.82, 2.24) is 0 Å². The van der Waals surface area contributed by atoms with Crippen LogP contribution in [0.25, 0.3) is 11.1 Å². The van der Waals surface area contributed by atoms with Gasteiger partial charge >= 0.3 is 6.36 Å². The summed E-state index contributed by atoms with van der Waals surface area (Å²) >= 11 is 1.35. The number of carbonyl (C=O) groups excluding carboxylic acids is 1. The third-order valence-corrected chi connectivity index (χ3v) is 2.88. The Bertz CT molecular complexity index is 547. The van der Waals surface area contributed by atoms with Crippen molar-refractivity contribution in [3.8, 4) is 16.9 Å². The Labute approximate surface area is 105 Å². The van der Waals surface area contributed by atoms with Gasteiger partial charge in [-0.15, -0.1) is 13.2 Å². The Morgan fingerprint density at radius 1 is 1.22 bits per heavy atom. The number of halogens is 3. The highest BCUT2D eigenvalue weighted by molar-refractivity contribution is 7.08. The van der Waals surface area contributed by atoms with E-state index in [0.29, 0.717) is 17.4 Å². The van der Waals surface area contributed by atoms with E-state index in [1.807, 2.05) is 0 Å². The van der Waals surface area contributed by atoms with Gasteiger partial charge in [-0.25, -0.2) is 0 Å². The molecular weight excluding hydrogens is 265 g/mol. The first-order valence-corrected chi connectivity index (χ1v) is 5.81. The fraction of sp³-hybridized carbons (Fsp3) is 0.0833. The number of hydrogen-bond acceptors (Lipinski definition) is 3. The molecule has 0 aliphatic rings. The van der Waals surface area contributed by atoms with Gasteiger partial charge in [0, 0.05) is 11.1 Å². The van der Waals surface area contributed by atoms with Gasteiger partial charge in [-0.3, -0.25) is 4.79 Å². The third-order valence-electron chi connectivity index (χ3n) is 2.20. The van der Waals surface area contributed by atoms with E-state index >= 15 is 0 Å². The van der Waals surface area contributed by atoms with Crippen LogP contribution in [0.3, 0.4) is 0 Å². The molecule has 0 bridgehead atoms. The van der Waals surface area contributed by atoms with Crippen LogP contribution in [0.15, 0.2) is 35.0 Å². The molecule has 18 heavy (non-hydrogen) atoms. The van der Waals surface area contributed by atoms with Crippen LogP contribution in [0.1, 0.15) is 10.4 Å². The van der Waals surface area contributed by atoms with E-state index in [1.54, 1.807) is 16.8 Å². The lowest BCUT2D eigenvalue weighted by Gasteiger charge is -2.13. The molecule has 0 saturated heterocycles. The van der Waals surface area contributed by atoms with Crippen LogP contribution in [0, 0.1) is 0 Å². The highest BCUT2D eigenvalue weighted by Crippen LogP contribution is 2.35. The maximum absolute atomic E-state index is 12.3. The van der Waals surface area contributed by atoms with Crippen LogP contribution < -0.4 is 4.74 Å². The van der Waals surface area contributed by atoms with E-state index in [1.165, 1.54) is 23.5 Å². The Morgan fingerprint density at radius 3 is 2.56 bits per heavy atom. The molecule has 0 atom stereocenters. The quantitative estimate of drug-likeness (QED) is 0.785. The minimum absolute atomic E-state index is 0.248. The molecule has 0 fully saturated rings. The highest BCUT2D eigenvalue weighted by Gasteiger charge is 2.32. The van der Waals surface area contributed by atoms with Gasteiger partial charge in [-0.2, -0.15) is 11.3 Å². The number of carbonyl (C=O) groups is 1. The number of hydrogen-bond donors (Lipinski definition) is 0. The highest BCUT2D eigenvalue weighted by atomic mass is 32.1. The van der Waals surface area contributed by atoms with Crippen LogP contribution >= 0.6 is 11.3 Å². The van der Waals surface area contributed by atoms with Gasteiger partial charge in [0.15, 0.2) is 0 Å². The Kier molecular flexibility index (Phi) is 3.38. The van der Waals surface area contributed by atoms with Crippen molar-refractivity contribution in [3.05, 3.63) is 40.6 Å². The van der Waals surface area contributed by atoms with Crippen molar-refractivity contribution in [2.75, 3.05) is 0 Å². The predicted molar refractivity (Wildman–Crippen MR) is 61.8 cm³/mol. The van der Waals surface area contributed by atoms with Crippen LogP contribution in [0.5, 0.6) is 5.75 Å². The number of benzene rings is 1. The van der Waals surface area contributed by atoms with Crippen molar-refractivity contribution in [1.29, 1.82) is 0 Å². The monoisotopic (exact) mass is 272 g/mol. The fourth-order valence-electron chi connectivity index (χ4n) is 1.48. The van der Waals surface area contributed by atoms with Crippen molar-refractivity contribution in [2.24, 2.45) is 0 Å². The molecule has 0 unspecified atom stereocenters. The molecular formula is C12H7F3O2S. The maximum atomic E-state index is 12.3. The molecule has 0 radical (unpaired) electrons. The summed E-state index contributed by atoms with van der Waals surface area (Å²) in [7, 11) is 0. The van der Waals surface area contributed by atoms with Crippen molar-refractivity contribution >= 4 is 17.6 Å². The fourth-order valence-corrected chi connectivity index (χ4v) is 2.13. The first kappa shape index (κ1) is 12.6. The number of ether oxygens (including phenoxy) is 1. The molecule has 1 aromatic carbocycles. The number of thiophene rings is 1. The number of alkyl halides is 3. The Morgan fingerprint density at radius 2 is 2.00 bits per heavy atom. The molecule has 2 nitrogen and oxygen atoms in total. The van der Waals surface area contributed by atoms with Crippen molar-refractivity contribution in [3.63, 3.8) is 0 Å². The second-order valence-corrected chi connectivity index (χ2v) is 4.21. The molecule has 0 saturated carbocycles. The van der Waals surface area contributed by atoms with Crippen LogP contribution in [-0.2, 0) is 0 Å². The second-order valence-electron chi connectivity index (χ2n) is 3.43. The van der Waals surface area contributed by atoms with Crippen molar-refractivity contribution < 1.29 is 22.7 Å².